The standard InChI is InChI=1S/C28H29N7.2C2H6/c29-26-23(7-4-14-31-26)27-33-25-13-12-24(21-5-2-1-3-6-21)32-28(25)35(27)22-10-8-20(9-11-22)19-34-17-15-30-16-18-34;2*1-2/h2,4-14,30H,1,3,15-19H2,(H2,29,31);2*1-2H3. The molecule has 0 saturated carbocycles. The predicted octanol–water partition coefficient (Wildman–Crippen LogP) is 6.26. The minimum atomic E-state index is 0.456. The SMILES string of the molecule is CC.CC.Nc1ncccc1-c1nc2ccc(C3=CCCC=C3)nc2n1-c1ccc(CN2CCNCC2)cc1. The summed E-state index contributed by atoms with van der Waals surface area (Å²) in [6, 6.07) is 16.7. The van der Waals surface area contributed by atoms with Crippen LogP contribution in [0.3, 0.4) is 0 Å². The first-order chi connectivity index (χ1) is 19.3. The van der Waals surface area contributed by atoms with Gasteiger partial charge in [0.25, 0.3) is 0 Å². The Hall–Kier alpha value is -3.81. The first kappa shape index (κ1) is 28.2. The molecule has 4 aromatic rings. The summed E-state index contributed by atoms with van der Waals surface area (Å²) in [5, 5.41) is 3.42. The van der Waals surface area contributed by atoms with Crippen LogP contribution in [0.15, 0.2) is 73.0 Å². The van der Waals surface area contributed by atoms with Crippen LogP contribution in [-0.2, 0) is 6.54 Å². The molecule has 1 saturated heterocycles. The summed E-state index contributed by atoms with van der Waals surface area (Å²) in [6.07, 6.45) is 10.4. The summed E-state index contributed by atoms with van der Waals surface area (Å²) in [7, 11) is 0. The molecule has 3 N–H and O–H groups in total. The highest BCUT2D eigenvalue weighted by atomic mass is 15.2. The predicted molar refractivity (Wildman–Crippen MR) is 164 cm³/mol. The normalized spacial score (nSPS) is 15.1. The lowest BCUT2D eigenvalue weighted by molar-refractivity contribution is 0.233. The van der Waals surface area contributed by atoms with Gasteiger partial charge >= 0.3 is 0 Å². The number of hydrogen-bond donors (Lipinski definition) is 2. The van der Waals surface area contributed by atoms with Gasteiger partial charge in [-0.1, -0.05) is 58.1 Å². The van der Waals surface area contributed by atoms with Crippen molar-refractivity contribution in [1.29, 1.82) is 0 Å². The lowest BCUT2D eigenvalue weighted by Crippen LogP contribution is -2.42. The Morgan fingerprint density at radius 1 is 0.897 bits per heavy atom. The minimum Gasteiger partial charge on any atom is -0.383 e. The number of rotatable bonds is 5. The van der Waals surface area contributed by atoms with E-state index in [1.165, 1.54) is 5.56 Å². The number of aromatic nitrogens is 4. The van der Waals surface area contributed by atoms with E-state index in [0.29, 0.717) is 5.82 Å². The number of hydrogen-bond acceptors (Lipinski definition) is 6. The summed E-state index contributed by atoms with van der Waals surface area (Å²) in [4.78, 5) is 16.8. The summed E-state index contributed by atoms with van der Waals surface area (Å²) in [6.45, 7) is 13.2. The number of fused-ring (bicyclic) bond motifs is 1. The van der Waals surface area contributed by atoms with Crippen molar-refractivity contribution in [3.05, 3.63) is 84.2 Å². The van der Waals surface area contributed by atoms with Crippen molar-refractivity contribution >= 4 is 22.6 Å². The first-order valence-corrected chi connectivity index (χ1v) is 14.3. The molecule has 0 spiro atoms. The van der Waals surface area contributed by atoms with E-state index in [-0.39, 0.29) is 0 Å². The Morgan fingerprint density at radius 2 is 1.67 bits per heavy atom. The molecule has 7 nitrogen and oxygen atoms in total. The van der Waals surface area contributed by atoms with Crippen LogP contribution in [0.5, 0.6) is 0 Å². The van der Waals surface area contributed by atoms with Crippen molar-refractivity contribution in [1.82, 2.24) is 29.7 Å². The lowest BCUT2D eigenvalue weighted by Gasteiger charge is -2.27. The van der Waals surface area contributed by atoms with Crippen LogP contribution < -0.4 is 11.1 Å². The quantitative estimate of drug-likeness (QED) is 0.321. The molecule has 2 aliphatic rings. The van der Waals surface area contributed by atoms with E-state index < -0.39 is 0 Å². The molecular formula is C32H41N7. The molecule has 1 aliphatic heterocycles. The molecule has 0 bridgehead atoms. The summed E-state index contributed by atoms with van der Waals surface area (Å²) in [5.74, 6) is 1.20. The largest absolute Gasteiger partial charge is 0.383 e. The van der Waals surface area contributed by atoms with Gasteiger partial charge in [-0.05, 0) is 60.4 Å². The number of nitrogens with one attached hydrogen (secondary N) is 1. The van der Waals surface area contributed by atoms with Crippen molar-refractivity contribution in [2.45, 2.75) is 47.1 Å². The van der Waals surface area contributed by atoms with E-state index in [9.17, 15) is 0 Å². The van der Waals surface area contributed by atoms with Gasteiger partial charge in [0, 0.05) is 44.6 Å². The van der Waals surface area contributed by atoms with E-state index in [4.69, 9.17) is 15.7 Å². The minimum absolute atomic E-state index is 0.456. The number of allylic oxidation sites excluding steroid dienone is 4. The van der Waals surface area contributed by atoms with Crippen LogP contribution in [-0.4, -0.2) is 50.6 Å². The monoisotopic (exact) mass is 523 g/mol. The topological polar surface area (TPSA) is 84.9 Å². The van der Waals surface area contributed by atoms with Crippen LogP contribution in [0, 0.1) is 0 Å². The van der Waals surface area contributed by atoms with Gasteiger partial charge < -0.3 is 11.1 Å². The van der Waals surface area contributed by atoms with Gasteiger partial charge in [0.05, 0.1) is 11.3 Å². The zero-order valence-corrected chi connectivity index (χ0v) is 23.7. The highest BCUT2D eigenvalue weighted by Crippen LogP contribution is 2.31. The van der Waals surface area contributed by atoms with Gasteiger partial charge in [0.2, 0.25) is 0 Å². The Kier molecular flexibility index (Phi) is 10.00. The molecule has 39 heavy (non-hydrogen) atoms. The molecule has 0 unspecified atom stereocenters. The van der Waals surface area contributed by atoms with E-state index in [0.717, 1.165) is 85.1 Å². The second kappa shape index (κ2) is 13.8. The Morgan fingerprint density at radius 3 is 2.36 bits per heavy atom. The van der Waals surface area contributed by atoms with Crippen LogP contribution in [0.25, 0.3) is 33.8 Å². The fraction of sp³-hybridized carbons (Fsp3) is 0.344. The molecule has 204 valence electrons. The van der Waals surface area contributed by atoms with Crippen LogP contribution in [0.1, 0.15) is 51.8 Å². The molecule has 0 radical (unpaired) electrons. The fourth-order valence-electron chi connectivity index (χ4n) is 4.83. The van der Waals surface area contributed by atoms with Crippen molar-refractivity contribution in [2.24, 2.45) is 0 Å². The highest BCUT2D eigenvalue weighted by molar-refractivity contribution is 5.85. The maximum Gasteiger partial charge on any atom is 0.165 e. The van der Waals surface area contributed by atoms with E-state index >= 15 is 0 Å². The number of benzene rings is 1. The van der Waals surface area contributed by atoms with E-state index in [2.05, 4.69) is 62.3 Å². The smallest absolute Gasteiger partial charge is 0.165 e. The molecule has 1 aromatic carbocycles. The molecule has 1 aliphatic carbocycles. The molecule has 7 heteroatoms. The Labute approximate surface area is 232 Å². The lowest BCUT2D eigenvalue weighted by atomic mass is 10.0. The number of imidazole rings is 1. The van der Waals surface area contributed by atoms with Crippen molar-refractivity contribution in [3.63, 3.8) is 0 Å². The maximum atomic E-state index is 6.28. The second-order valence-corrected chi connectivity index (χ2v) is 9.08. The van der Waals surface area contributed by atoms with Gasteiger partial charge in [0.1, 0.15) is 11.3 Å². The van der Waals surface area contributed by atoms with Crippen molar-refractivity contribution in [3.8, 4) is 17.1 Å². The molecule has 3 aromatic heterocycles. The second-order valence-electron chi connectivity index (χ2n) is 9.08. The number of nitrogens with two attached hydrogens (primary N) is 1. The third kappa shape index (κ3) is 6.44. The van der Waals surface area contributed by atoms with Crippen LogP contribution in [0.4, 0.5) is 5.82 Å². The molecule has 0 atom stereocenters. The van der Waals surface area contributed by atoms with Gasteiger partial charge in [0.15, 0.2) is 11.5 Å². The maximum absolute atomic E-state index is 6.28. The van der Waals surface area contributed by atoms with E-state index in [1.807, 2.05) is 52.0 Å². The Balaban J connectivity index is 0.000000845. The van der Waals surface area contributed by atoms with Gasteiger partial charge in [-0.2, -0.15) is 0 Å². The van der Waals surface area contributed by atoms with Crippen molar-refractivity contribution < 1.29 is 0 Å². The molecule has 6 rings (SSSR count). The third-order valence-corrected chi connectivity index (χ3v) is 6.69. The van der Waals surface area contributed by atoms with Crippen LogP contribution >= 0.6 is 0 Å². The molecular weight excluding hydrogens is 482 g/mol. The summed E-state index contributed by atoms with van der Waals surface area (Å²) in [5.41, 5.74) is 13.1. The zero-order chi connectivity index (χ0) is 27.6. The average molecular weight is 524 g/mol. The van der Waals surface area contributed by atoms with Gasteiger partial charge in [-0.15, -0.1) is 0 Å². The van der Waals surface area contributed by atoms with Crippen molar-refractivity contribution in [2.75, 3.05) is 31.9 Å². The average Bonchev–Trinajstić information content (AvgIpc) is 3.39. The highest BCUT2D eigenvalue weighted by Gasteiger charge is 2.19. The zero-order valence-electron chi connectivity index (χ0n) is 23.7. The fourth-order valence-corrected chi connectivity index (χ4v) is 4.83. The molecule has 0 amide bonds. The number of piperazine rings is 1. The molecule has 1 fully saturated rings. The van der Waals surface area contributed by atoms with Gasteiger partial charge in [-0.3, -0.25) is 9.47 Å². The number of nitrogen functional groups attached to an aromatic ring is 1. The van der Waals surface area contributed by atoms with E-state index in [1.54, 1.807) is 6.20 Å². The van der Waals surface area contributed by atoms with Crippen LogP contribution in [0.2, 0.25) is 0 Å². The summed E-state index contributed by atoms with van der Waals surface area (Å²) < 4.78 is 2.11. The summed E-state index contributed by atoms with van der Waals surface area (Å²) >= 11 is 0. The number of nitrogens with zero attached hydrogens (tertiary/aromatic N) is 5. The Bertz CT molecular complexity index is 1410. The number of anilines is 1. The van der Waals surface area contributed by atoms with Gasteiger partial charge in [-0.25, -0.2) is 15.0 Å². The third-order valence-electron chi connectivity index (χ3n) is 6.69. The first-order valence-electron chi connectivity index (χ1n) is 14.3. The molecule has 4 heterocycles. The number of pyridine rings is 2.